The lowest BCUT2D eigenvalue weighted by Crippen LogP contribution is -2.42. The zero-order chi connectivity index (χ0) is 23.3. The van der Waals surface area contributed by atoms with E-state index in [4.69, 9.17) is 4.74 Å². The van der Waals surface area contributed by atoms with Crippen LogP contribution in [0.5, 0.6) is 0 Å². The number of amides is 1. The maximum Gasteiger partial charge on any atom is 0.255 e. The highest BCUT2D eigenvalue weighted by Gasteiger charge is 2.27. The number of allylic oxidation sites excluding steroid dienone is 1. The predicted molar refractivity (Wildman–Crippen MR) is 134 cm³/mol. The Morgan fingerprint density at radius 1 is 0.844 bits per heavy atom. The zero-order valence-electron chi connectivity index (χ0n) is 20.1. The fourth-order valence-electron chi connectivity index (χ4n) is 4.16. The van der Waals surface area contributed by atoms with E-state index in [1.165, 1.54) is 0 Å². The number of carbonyl (C=O) groups is 1. The highest BCUT2D eigenvalue weighted by molar-refractivity contribution is 6.10. The van der Waals surface area contributed by atoms with E-state index in [1.807, 2.05) is 47.4 Å². The first kappa shape index (κ1) is 23.6. The Hall–Kier alpha value is -3.07. The predicted octanol–water partition coefficient (Wildman–Crippen LogP) is 7.31. The van der Waals surface area contributed by atoms with Crippen LogP contribution >= 0.6 is 0 Å². The third-order valence-electron chi connectivity index (χ3n) is 5.48. The number of benzene rings is 3. The van der Waals surface area contributed by atoms with E-state index in [-0.39, 0.29) is 23.9 Å². The van der Waals surface area contributed by atoms with Gasteiger partial charge in [0.2, 0.25) is 0 Å². The molecule has 0 saturated heterocycles. The van der Waals surface area contributed by atoms with Crippen molar-refractivity contribution in [3.8, 4) is 0 Å². The van der Waals surface area contributed by atoms with Crippen molar-refractivity contribution in [3.63, 3.8) is 0 Å². The molecular weight excluding hydrogens is 394 g/mol. The van der Waals surface area contributed by atoms with E-state index < -0.39 is 0 Å². The van der Waals surface area contributed by atoms with Crippen LogP contribution in [0.4, 0.5) is 0 Å². The Kier molecular flexibility index (Phi) is 7.74. The van der Waals surface area contributed by atoms with Crippen molar-refractivity contribution in [3.05, 3.63) is 89.5 Å². The van der Waals surface area contributed by atoms with Crippen LogP contribution in [0.3, 0.4) is 0 Å². The first-order chi connectivity index (χ1) is 15.3. The van der Waals surface area contributed by atoms with Crippen LogP contribution in [-0.2, 0) is 11.3 Å². The summed E-state index contributed by atoms with van der Waals surface area (Å²) in [6, 6.07) is 22.5. The van der Waals surface area contributed by atoms with E-state index in [2.05, 4.69) is 71.9 Å². The molecule has 3 rings (SSSR count). The van der Waals surface area contributed by atoms with Crippen LogP contribution in [0.25, 0.3) is 16.5 Å². The summed E-state index contributed by atoms with van der Waals surface area (Å²) in [5.41, 5.74) is 2.66. The quantitative estimate of drug-likeness (QED) is 0.351. The first-order valence-electron chi connectivity index (χ1n) is 11.5. The van der Waals surface area contributed by atoms with Gasteiger partial charge in [-0.1, -0.05) is 74.5 Å². The third-order valence-corrected chi connectivity index (χ3v) is 5.48. The molecule has 1 amide bonds. The lowest BCUT2D eigenvalue weighted by molar-refractivity contribution is 0.0645. The van der Waals surface area contributed by atoms with Gasteiger partial charge in [-0.15, -0.1) is 0 Å². The molecule has 0 N–H and O–H groups in total. The fourth-order valence-corrected chi connectivity index (χ4v) is 4.16. The normalized spacial score (nSPS) is 12.1. The van der Waals surface area contributed by atoms with Gasteiger partial charge in [-0.05, 0) is 62.1 Å². The molecule has 0 heterocycles. The maximum atomic E-state index is 14.0. The molecule has 0 aromatic heterocycles. The Bertz CT molecular complexity index is 1070. The molecule has 3 aromatic rings. The highest BCUT2D eigenvalue weighted by atomic mass is 16.5. The van der Waals surface area contributed by atoms with Gasteiger partial charge in [0, 0.05) is 17.6 Å². The maximum absolute atomic E-state index is 14.0. The van der Waals surface area contributed by atoms with Gasteiger partial charge in [-0.3, -0.25) is 4.79 Å². The smallest absolute Gasteiger partial charge is 0.255 e. The summed E-state index contributed by atoms with van der Waals surface area (Å²) in [6.07, 6.45) is 2.11. The molecule has 0 fully saturated rings. The minimum atomic E-state index is 0.0415. The standard InChI is InChI=1S/C29H35NO2/c1-20(2)18-27(32-19-23-12-8-7-9-13-23)26-17-16-24-14-10-11-15-25(24)28(26)29(31)30(21(3)4)22(5)6/h7-18,20-22H,19H2,1-6H3/b27-18-. The van der Waals surface area contributed by atoms with Crippen LogP contribution < -0.4 is 0 Å². The fraction of sp³-hybridized carbons (Fsp3) is 0.345. The SMILES string of the molecule is CC(C)/C=C(\OCc1ccccc1)c1ccc2ccccc2c1C(=O)N(C(C)C)C(C)C. The van der Waals surface area contributed by atoms with Crippen LogP contribution in [0.1, 0.15) is 63.0 Å². The number of hydrogen-bond acceptors (Lipinski definition) is 2. The number of nitrogens with zero attached hydrogens (tertiary/aromatic N) is 1. The summed E-state index contributed by atoms with van der Waals surface area (Å²) >= 11 is 0. The van der Waals surface area contributed by atoms with Gasteiger partial charge in [0.25, 0.3) is 5.91 Å². The largest absolute Gasteiger partial charge is 0.489 e. The Morgan fingerprint density at radius 2 is 1.47 bits per heavy atom. The molecule has 0 aliphatic heterocycles. The number of fused-ring (bicyclic) bond motifs is 1. The minimum Gasteiger partial charge on any atom is -0.489 e. The molecule has 0 unspecified atom stereocenters. The molecule has 0 aliphatic carbocycles. The van der Waals surface area contributed by atoms with Gasteiger partial charge >= 0.3 is 0 Å². The van der Waals surface area contributed by atoms with Crippen LogP contribution in [0.2, 0.25) is 0 Å². The molecule has 32 heavy (non-hydrogen) atoms. The second-order valence-electron chi connectivity index (χ2n) is 9.16. The molecule has 168 valence electrons. The minimum absolute atomic E-state index is 0.0415. The van der Waals surface area contributed by atoms with E-state index in [0.717, 1.165) is 27.7 Å². The van der Waals surface area contributed by atoms with Crippen molar-refractivity contribution in [1.82, 2.24) is 4.90 Å². The van der Waals surface area contributed by atoms with Gasteiger partial charge in [0.1, 0.15) is 12.4 Å². The van der Waals surface area contributed by atoms with Crippen LogP contribution in [0, 0.1) is 5.92 Å². The number of ether oxygens (including phenoxy) is 1. The summed E-state index contributed by atoms with van der Waals surface area (Å²) in [7, 11) is 0. The molecule has 0 aliphatic rings. The molecule has 0 atom stereocenters. The van der Waals surface area contributed by atoms with Crippen molar-refractivity contribution < 1.29 is 9.53 Å². The number of rotatable bonds is 8. The third kappa shape index (κ3) is 5.40. The lowest BCUT2D eigenvalue weighted by Gasteiger charge is -2.32. The number of hydrogen-bond donors (Lipinski definition) is 0. The second-order valence-corrected chi connectivity index (χ2v) is 9.16. The van der Waals surface area contributed by atoms with Crippen molar-refractivity contribution in [1.29, 1.82) is 0 Å². The van der Waals surface area contributed by atoms with E-state index in [1.54, 1.807) is 0 Å². The van der Waals surface area contributed by atoms with Crippen molar-refractivity contribution >= 4 is 22.4 Å². The van der Waals surface area contributed by atoms with E-state index in [9.17, 15) is 4.79 Å². The Balaban J connectivity index is 2.16. The lowest BCUT2D eigenvalue weighted by atomic mass is 9.94. The van der Waals surface area contributed by atoms with Crippen molar-refractivity contribution in [2.75, 3.05) is 0 Å². The Labute approximate surface area is 192 Å². The molecule has 3 aromatic carbocycles. The monoisotopic (exact) mass is 429 g/mol. The summed E-state index contributed by atoms with van der Waals surface area (Å²) < 4.78 is 6.36. The first-order valence-corrected chi connectivity index (χ1v) is 11.5. The van der Waals surface area contributed by atoms with Crippen molar-refractivity contribution in [2.24, 2.45) is 5.92 Å². The van der Waals surface area contributed by atoms with Gasteiger partial charge < -0.3 is 9.64 Å². The van der Waals surface area contributed by atoms with Gasteiger partial charge in [0.15, 0.2) is 0 Å². The van der Waals surface area contributed by atoms with Gasteiger partial charge in [0.05, 0.1) is 5.56 Å². The molecule has 0 radical (unpaired) electrons. The zero-order valence-corrected chi connectivity index (χ0v) is 20.1. The van der Waals surface area contributed by atoms with Crippen LogP contribution in [0.15, 0.2) is 72.8 Å². The van der Waals surface area contributed by atoms with Gasteiger partial charge in [-0.25, -0.2) is 0 Å². The molecule has 3 nitrogen and oxygen atoms in total. The average Bonchev–Trinajstić information content (AvgIpc) is 2.75. The number of carbonyl (C=O) groups excluding carboxylic acids is 1. The van der Waals surface area contributed by atoms with Crippen molar-refractivity contribution in [2.45, 2.75) is 60.2 Å². The topological polar surface area (TPSA) is 29.5 Å². The molecule has 0 saturated carbocycles. The van der Waals surface area contributed by atoms with E-state index in [0.29, 0.717) is 12.2 Å². The summed E-state index contributed by atoms with van der Waals surface area (Å²) in [4.78, 5) is 15.9. The van der Waals surface area contributed by atoms with Crippen LogP contribution in [-0.4, -0.2) is 22.9 Å². The highest BCUT2D eigenvalue weighted by Crippen LogP contribution is 2.32. The Morgan fingerprint density at radius 3 is 2.09 bits per heavy atom. The summed E-state index contributed by atoms with van der Waals surface area (Å²) in [6.45, 7) is 13.0. The van der Waals surface area contributed by atoms with Gasteiger partial charge in [-0.2, -0.15) is 0 Å². The summed E-state index contributed by atoms with van der Waals surface area (Å²) in [5.74, 6) is 1.08. The van der Waals surface area contributed by atoms with E-state index >= 15 is 0 Å². The molecule has 0 bridgehead atoms. The molecule has 3 heteroatoms. The second kappa shape index (κ2) is 10.5. The molecule has 0 spiro atoms. The summed E-state index contributed by atoms with van der Waals surface area (Å²) in [5, 5.41) is 2.01. The molecular formula is C29H35NO2. The average molecular weight is 430 g/mol.